The van der Waals surface area contributed by atoms with Gasteiger partial charge in [0.05, 0.1) is 10.6 Å². The van der Waals surface area contributed by atoms with Crippen LogP contribution in [0.5, 0.6) is 0 Å². The molecule has 4 rings (SSSR count). The van der Waals surface area contributed by atoms with E-state index in [1.807, 2.05) is 23.6 Å². The summed E-state index contributed by atoms with van der Waals surface area (Å²) in [5.41, 5.74) is 0.937. The second-order valence-corrected chi connectivity index (χ2v) is 7.20. The van der Waals surface area contributed by atoms with Gasteiger partial charge in [0.15, 0.2) is 10.9 Å². The van der Waals surface area contributed by atoms with Gasteiger partial charge in [0, 0.05) is 24.3 Å². The predicted molar refractivity (Wildman–Crippen MR) is 87.0 cm³/mol. The van der Waals surface area contributed by atoms with Crippen molar-refractivity contribution in [3.8, 4) is 10.6 Å². The molecule has 3 aromatic heterocycles. The van der Waals surface area contributed by atoms with E-state index in [-0.39, 0.29) is 0 Å². The van der Waals surface area contributed by atoms with Crippen LogP contribution < -0.4 is 0 Å². The van der Waals surface area contributed by atoms with Crippen molar-refractivity contribution in [3.63, 3.8) is 0 Å². The Balaban J connectivity index is 1.46. The monoisotopic (exact) mass is 332 g/mol. The van der Waals surface area contributed by atoms with Gasteiger partial charge in [-0.3, -0.25) is 0 Å². The van der Waals surface area contributed by atoms with E-state index < -0.39 is 0 Å². The second-order valence-electron chi connectivity index (χ2n) is 5.31. The third-order valence-corrected chi connectivity index (χ3v) is 5.56. The third-order valence-electron chi connectivity index (χ3n) is 3.68. The van der Waals surface area contributed by atoms with Gasteiger partial charge < -0.3 is 9.09 Å². The van der Waals surface area contributed by atoms with Gasteiger partial charge in [0.1, 0.15) is 5.82 Å². The molecule has 5 nitrogen and oxygen atoms in total. The Morgan fingerprint density at radius 3 is 3.05 bits per heavy atom. The number of nitrogens with zero attached hydrogens (tertiary/aromatic N) is 4. The van der Waals surface area contributed by atoms with Gasteiger partial charge in [-0.05, 0) is 31.2 Å². The van der Waals surface area contributed by atoms with Crippen molar-refractivity contribution < 1.29 is 4.52 Å². The first-order chi connectivity index (χ1) is 10.8. The van der Waals surface area contributed by atoms with Crippen molar-refractivity contribution >= 4 is 23.1 Å². The van der Waals surface area contributed by atoms with Gasteiger partial charge in [0.2, 0.25) is 0 Å². The second kappa shape index (κ2) is 5.89. The fourth-order valence-corrected chi connectivity index (χ4v) is 3.96. The molecule has 0 bridgehead atoms. The fraction of sp³-hybridized carbons (Fsp3) is 0.400. The minimum Gasteiger partial charge on any atom is -0.355 e. The molecule has 1 saturated carbocycles. The molecule has 0 spiro atoms. The highest BCUT2D eigenvalue weighted by Gasteiger charge is 2.30. The standard InChI is InChI=1S/C15H16N4OS2/c1-2-19-14(10-5-6-10)16-17-15(19)22-9-11-8-12(20-18-11)13-4-3-7-21-13/h3-4,7-8,10H,2,5-6,9H2,1H3. The van der Waals surface area contributed by atoms with Crippen LogP contribution in [0.15, 0.2) is 33.3 Å². The molecule has 0 N–H and O–H groups in total. The van der Waals surface area contributed by atoms with Crippen LogP contribution >= 0.6 is 23.1 Å². The number of aromatic nitrogens is 4. The third kappa shape index (κ3) is 2.70. The van der Waals surface area contributed by atoms with Crippen molar-refractivity contribution in [2.24, 2.45) is 0 Å². The molecule has 1 aliphatic carbocycles. The largest absolute Gasteiger partial charge is 0.355 e. The van der Waals surface area contributed by atoms with Crippen molar-refractivity contribution in [2.45, 2.75) is 43.1 Å². The van der Waals surface area contributed by atoms with E-state index in [1.54, 1.807) is 23.1 Å². The van der Waals surface area contributed by atoms with E-state index in [2.05, 4.69) is 26.8 Å². The Hall–Kier alpha value is -1.60. The molecular formula is C15H16N4OS2. The van der Waals surface area contributed by atoms with E-state index in [1.165, 1.54) is 12.8 Å². The van der Waals surface area contributed by atoms with Crippen molar-refractivity contribution in [1.82, 2.24) is 19.9 Å². The highest BCUT2D eigenvalue weighted by atomic mass is 32.2. The van der Waals surface area contributed by atoms with Crippen LogP contribution in [0.4, 0.5) is 0 Å². The summed E-state index contributed by atoms with van der Waals surface area (Å²) in [4.78, 5) is 1.11. The smallest absolute Gasteiger partial charge is 0.191 e. The highest BCUT2D eigenvalue weighted by Crippen LogP contribution is 2.40. The molecule has 3 heterocycles. The van der Waals surface area contributed by atoms with Crippen LogP contribution in [0, 0.1) is 0 Å². The zero-order valence-corrected chi connectivity index (χ0v) is 13.9. The lowest BCUT2D eigenvalue weighted by Crippen LogP contribution is -2.01. The van der Waals surface area contributed by atoms with E-state index in [0.29, 0.717) is 5.92 Å². The molecule has 1 fully saturated rings. The summed E-state index contributed by atoms with van der Waals surface area (Å²) in [5, 5.41) is 15.9. The number of hydrogen-bond donors (Lipinski definition) is 0. The number of rotatable bonds is 6. The summed E-state index contributed by atoms with van der Waals surface area (Å²) in [6.45, 7) is 3.06. The van der Waals surface area contributed by atoms with Crippen LogP contribution in [0.25, 0.3) is 10.6 Å². The molecule has 114 valence electrons. The molecule has 0 radical (unpaired) electrons. The molecule has 0 saturated heterocycles. The predicted octanol–water partition coefficient (Wildman–Crippen LogP) is 4.18. The van der Waals surface area contributed by atoms with Crippen molar-refractivity contribution in [2.75, 3.05) is 0 Å². The number of thioether (sulfide) groups is 1. The van der Waals surface area contributed by atoms with Gasteiger partial charge in [0.25, 0.3) is 0 Å². The topological polar surface area (TPSA) is 56.7 Å². The molecule has 0 aromatic carbocycles. The van der Waals surface area contributed by atoms with Gasteiger partial charge in [-0.25, -0.2) is 0 Å². The summed E-state index contributed by atoms with van der Waals surface area (Å²) >= 11 is 3.33. The van der Waals surface area contributed by atoms with E-state index in [0.717, 1.165) is 39.6 Å². The SMILES string of the molecule is CCn1c(SCc2cc(-c3cccs3)on2)nnc1C1CC1. The molecule has 0 aliphatic heterocycles. The maximum absolute atomic E-state index is 5.41. The quantitative estimate of drug-likeness (QED) is 0.634. The van der Waals surface area contributed by atoms with Crippen LogP contribution in [0.1, 0.15) is 37.2 Å². The molecular weight excluding hydrogens is 316 g/mol. The summed E-state index contributed by atoms with van der Waals surface area (Å²) < 4.78 is 7.64. The van der Waals surface area contributed by atoms with Gasteiger partial charge in [-0.1, -0.05) is 23.0 Å². The maximum Gasteiger partial charge on any atom is 0.191 e. The zero-order chi connectivity index (χ0) is 14.9. The van der Waals surface area contributed by atoms with E-state index in [9.17, 15) is 0 Å². The first-order valence-electron chi connectivity index (χ1n) is 7.40. The van der Waals surface area contributed by atoms with Gasteiger partial charge in [-0.15, -0.1) is 21.5 Å². The minimum atomic E-state index is 0.624. The average molecular weight is 332 g/mol. The van der Waals surface area contributed by atoms with E-state index >= 15 is 0 Å². The Bertz CT molecular complexity index is 758. The molecule has 7 heteroatoms. The Morgan fingerprint density at radius 2 is 2.32 bits per heavy atom. The van der Waals surface area contributed by atoms with Crippen molar-refractivity contribution in [1.29, 1.82) is 0 Å². The van der Waals surface area contributed by atoms with E-state index in [4.69, 9.17) is 4.52 Å². The molecule has 0 atom stereocenters. The first-order valence-corrected chi connectivity index (χ1v) is 9.27. The summed E-state index contributed by atoms with van der Waals surface area (Å²) in [6.07, 6.45) is 2.49. The molecule has 22 heavy (non-hydrogen) atoms. The summed E-state index contributed by atoms with van der Waals surface area (Å²) in [6, 6.07) is 6.06. The number of thiophene rings is 1. The molecule has 3 aromatic rings. The van der Waals surface area contributed by atoms with Crippen molar-refractivity contribution in [3.05, 3.63) is 35.1 Å². The van der Waals surface area contributed by atoms with Gasteiger partial charge in [-0.2, -0.15) is 0 Å². The summed E-state index contributed by atoms with van der Waals surface area (Å²) in [5.74, 6) is 3.35. The molecule has 1 aliphatic rings. The summed E-state index contributed by atoms with van der Waals surface area (Å²) in [7, 11) is 0. The maximum atomic E-state index is 5.41. The minimum absolute atomic E-state index is 0.624. The Labute approximate surface area is 136 Å². The van der Waals surface area contributed by atoms with Crippen LogP contribution in [-0.4, -0.2) is 19.9 Å². The van der Waals surface area contributed by atoms with Crippen LogP contribution in [-0.2, 0) is 12.3 Å². The Morgan fingerprint density at radius 1 is 1.41 bits per heavy atom. The normalized spacial score (nSPS) is 14.6. The molecule has 0 amide bonds. The highest BCUT2D eigenvalue weighted by molar-refractivity contribution is 7.98. The lowest BCUT2D eigenvalue weighted by molar-refractivity contribution is 0.427. The lowest BCUT2D eigenvalue weighted by Gasteiger charge is -2.05. The fourth-order valence-electron chi connectivity index (χ4n) is 2.40. The average Bonchev–Trinajstić information content (AvgIpc) is 3.00. The first kappa shape index (κ1) is 14.0. The van der Waals surface area contributed by atoms with Gasteiger partial charge >= 0.3 is 0 Å². The molecule has 0 unspecified atom stereocenters. The van der Waals surface area contributed by atoms with Crippen LogP contribution in [0.2, 0.25) is 0 Å². The lowest BCUT2D eigenvalue weighted by atomic mass is 10.3. The Kier molecular flexibility index (Phi) is 3.75. The zero-order valence-electron chi connectivity index (χ0n) is 12.2. The number of hydrogen-bond acceptors (Lipinski definition) is 6. The van der Waals surface area contributed by atoms with Crippen LogP contribution in [0.3, 0.4) is 0 Å².